The molecule has 7 heteroatoms. The van der Waals surface area contributed by atoms with Gasteiger partial charge in [-0.1, -0.05) is 54.1 Å². The molecule has 132 valence electrons. The third kappa shape index (κ3) is 3.94. The zero-order valence-electron chi connectivity index (χ0n) is 13.8. The van der Waals surface area contributed by atoms with Gasteiger partial charge in [-0.2, -0.15) is 5.26 Å². The molecule has 6 nitrogen and oxygen atoms in total. The topological polar surface area (TPSA) is 96.0 Å². The molecule has 0 unspecified atom stereocenters. The van der Waals surface area contributed by atoms with Crippen molar-refractivity contribution >= 4 is 45.7 Å². The average Bonchev–Trinajstić information content (AvgIpc) is 2.67. The van der Waals surface area contributed by atoms with E-state index in [0.29, 0.717) is 5.56 Å². The van der Waals surface area contributed by atoms with Crippen molar-refractivity contribution in [3.8, 4) is 6.07 Å². The fourth-order valence-corrected chi connectivity index (χ4v) is 2.76. The highest BCUT2D eigenvalue weighted by atomic mass is 35.5. The van der Waals surface area contributed by atoms with Crippen molar-refractivity contribution in [2.75, 3.05) is 5.32 Å². The van der Waals surface area contributed by atoms with Gasteiger partial charge in [0.15, 0.2) is 0 Å². The molecule has 0 aliphatic heterocycles. The number of non-ortho nitro benzene ring substituents is 1. The van der Waals surface area contributed by atoms with E-state index in [1.807, 2.05) is 42.5 Å². The second kappa shape index (κ2) is 7.68. The molecule has 0 radical (unpaired) electrons. The summed E-state index contributed by atoms with van der Waals surface area (Å²) in [7, 11) is 0. The molecule has 0 aliphatic rings. The van der Waals surface area contributed by atoms with Crippen LogP contribution in [0.5, 0.6) is 0 Å². The first kappa shape index (κ1) is 18.1. The smallest absolute Gasteiger partial charge is 0.271 e. The van der Waals surface area contributed by atoms with Crippen LogP contribution in [0.25, 0.3) is 16.8 Å². The van der Waals surface area contributed by atoms with Gasteiger partial charge < -0.3 is 5.32 Å². The van der Waals surface area contributed by atoms with Crippen LogP contribution in [-0.4, -0.2) is 10.8 Å². The number of nitro groups is 1. The van der Waals surface area contributed by atoms with Gasteiger partial charge in [0.25, 0.3) is 11.6 Å². The largest absolute Gasteiger partial charge is 0.320 e. The lowest BCUT2D eigenvalue weighted by molar-refractivity contribution is -0.384. The highest BCUT2D eigenvalue weighted by molar-refractivity contribution is 6.34. The Bertz CT molecular complexity index is 1130. The molecule has 0 saturated carbocycles. The zero-order chi connectivity index (χ0) is 19.4. The third-order valence-corrected chi connectivity index (χ3v) is 4.23. The standard InChI is InChI=1S/C20H12ClN3O3/c21-18-9-8-16(24(26)27)11-19(18)23-20(25)15(12-22)10-14-6-3-5-13-4-1-2-7-17(13)14/h1-11H,(H,23,25)/b15-10+. The van der Waals surface area contributed by atoms with Crippen LogP contribution in [0.15, 0.2) is 66.2 Å². The van der Waals surface area contributed by atoms with Crippen molar-refractivity contribution in [3.63, 3.8) is 0 Å². The van der Waals surface area contributed by atoms with Crippen molar-refractivity contribution in [2.45, 2.75) is 0 Å². The Balaban J connectivity index is 1.95. The lowest BCUT2D eigenvalue weighted by Gasteiger charge is -2.07. The van der Waals surface area contributed by atoms with Crippen LogP contribution in [0.3, 0.4) is 0 Å². The van der Waals surface area contributed by atoms with E-state index in [0.717, 1.165) is 16.8 Å². The van der Waals surface area contributed by atoms with Crippen LogP contribution >= 0.6 is 11.6 Å². The molecule has 0 atom stereocenters. The zero-order valence-corrected chi connectivity index (χ0v) is 14.6. The van der Waals surface area contributed by atoms with Gasteiger partial charge in [0, 0.05) is 12.1 Å². The van der Waals surface area contributed by atoms with Gasteiger partial charge in [0.2, 0.25) is 0 Å². The lowest BCUT2D eigenvalue weighted by atomic mass is 10.0. The molecule has 3 aromatic rings. The molecule has 0 saturated heterocycles. The number of nitrogens with one attached hydrogen (secondary N) is 1. The number of amides is 1. The van der Waals surface area contributed by atoms with E-state index < -0.39 is 10.8 Å². The number of nitro benzene ring substituents is 1. The Morgan fingerprint density at radius 2 is 1.89 bits per heavy atom. The maximum atomic E-state index is 12.5. The highest BCUT2D eigenvalue weighted by Gasteiger charge is 2.15. The molecule has 27 heavy (non-hydrogen) atoms. The number of rotatable bonds is 4. The van der Waals surface area contributed by atoms with Crippen molar-refractivity contribution in [1.82, 2.24) is 0 Å². The molecule has 0 heterocycles. The van der Waals surface area contributed by atoms with E-state index in [9.17, 15) is 20.2 Å². The first-order valence-corrected chi connectivity index (χ1v) is 8.22. The summed E-state index contributed by atoms with van der Waals surface area (Å²) < 4.78 is 0. The first-order valence-electron chi connectivity index (χ1n) is 7.84. The van der Waals surface area contributed by atoms with E-state index in [4.69, 9.17) is 11.6 Å². The molecule has 1 amide bonds. The van der Waals surface area contributed by atoms with Crippen LogP contribution in [0.2, 0.25) is 5.02 Å². The van der Waals surface area contributed by atoms with E-state index in [2.05, 4.69) is 5.32 Å². The molecule has 3 aromatic carbocycles. The molecule has 0 fully saturated rings. The SMILES string of the molecule is N#C/C(=C\c1cccc2ccccc12)C(=O)Nc1cc([N+](=O)[O-])ccc1Cl. The molecular weight excluding hydrogens is 366 g/mol. The minimum atomic E-state index is -0.701. The van der Waals surface area contributed by atoms with E-state index >= 15 is 0 Å². The van der Waals surface area contributed by atoms with Crippen LogP contribution in [-0.2, 0) is 4.79 Å². The predicted octanol–water partition coefficient (Wildman–Crippen LogP) is 4.95. The van der Waals surface area contributed by atoms with Gasteiger partial charge in [-0.3, -0.25) is 14.9 Å². The third-order valence-electron chi connectivity index (χ3n) is 3.90. The van der Waals surface area contributed by atoms with Gasteiger partial charge in [0.1, 0.15) is 11.6 Å². The minimum Gasteiger partial charge on any atom is -0.320 e. The number of fused-ring (bicyclic) bond motifs is 1. The molecular formula is C20H12ClN3O3. The van der Waals surface area contributed by atoms with Gasteiger partial charge in [-0.15, -0.1) is 0 Å². The summed E-state index contributed by atoms with van der Waals surface area (Å²) in [6.07, 6.45) is 1.48. The minimum absolute atomic E-state index is 0.0648. The van der Waals surface area contributed by atoms with Crippen molar-refractivity contribution < 1.29 is 9.72 Å². The number of nitrogens with zero attached hydrogens (tertiary/aromatic N) is 2. The summed E-state index contributed by atoms with van der Waals surface area (Å²) >= 11 is 5.99. The van der Waals surface area contributed by atoms with Gasteiger partial charge in [0.05, 0.1) is 15.6 Å². The number of carbonyl (C=O) groups is 1. The highest BCUT2D eigenvalue weighted by Crippen LogP contribution is 2.27. The Morgan fingerprint density at radius 1 is 1.15 bits per heavy atom. The second-order valence-electron chi connectivity index (χ2n) is 5.61. The molecule has 0 bridgehead atoms. The average molecular weight is 378 g/mol. The van der Waals surface area contributed by atoms with Crippen LogP contribution < -0.4 is 5.32 Å². The number of anilines is 1. The van der Waals surface area contributed by atoms with Gasteiger partial charge in [-0.25, -0.2) is 0 Å². The number of carbonyl (C=O) groups excluding carboxylic acids is 1. The molecule has 0 aromatic heterocycles. The Kier molecular flexibility index (Phi) is 5.15. The molecule has 1 N–H and O–H groups in total. The summed E-state index contributed by atoms with van der Waals surface area (Å²) in [4.78, 5) is 22.8. The quantitative estimate of drug-likeness (QED) is 0.301. The normalized spacial score (nSPS) is 11.0. The van der Waals surface area contributed by atoms with Crippen molar-refractivity contribution in [1.29, 1.82) is 5.26 Å². The number of hydrogen-bond acceptors (Lipinski definition) is 4. The van der Waals surface area contributed by atoms with Crippen molar-refractivity contribution in [2.24, 2.45) is 0 Å². The molecule has 0 aliphatic carbocycles. The number of benzene rings is 3. The predicted molar refractivity (Wildman–Crippen MR) is 104 cm³/mol. The number of hydrogen-bond donors (Lipinski definition) is 1. The summed E-state index contributed by atoms with van der Waals surface area (Å²) in [6.45, 7) is 0. The van der Waals surface area contributed by atoms with E-state index in [1.54, 1.807) is 6.07 Å². The Morgan fingerprint density at radius 3 is 2.63 bits per heavy atom. The van der Waals surface area contributed by atoms with Crippen LogP contribution in [0.4, 0.5) is 11.4 Å². The fourth-order valence-electron chi connectivity index (χ4n) is 2.59. The Labute approximate surface area is 159 Å². The van der Waals surface area contributed by atoms with Gasteiger partial charge in [-0.05, 0) is 28.5 Å². The maximum Gasteiger partial charge on any atom is 0.271 e. The number of halogens is 1. The molecule has 0 spiro atoms. The van der Waals surface area contributed by atoms with Crippen LogP contribution in [0, 0.1) is 21.4 Å². The monoisotopic (exact) mass is 377 g/mol. The maximum absolute atomic E-state index is 12.5. The van der Waals surface area contributed by atoms with Crippen LogP contribution in [0.1, 0.15) is 5.56 Å². The summed E-state index contributed by atoms with van der Waals surface area (Å²) in [5.41, 5.74) is 0.417. The Hall–Kier alpha value is -3.69. The molecule has 3 rings (SSSR count). The van der Waals surface area contributed by atoms with Crippen molar-refractivity contribution in [3.05, 3.63) is 86.9 Å². The summed E-state index contributed by atoms with van der Waals surface area (Å²) in [5, 5.41) is 24.8. The summed E-state index contributed by atoms with van der Waals surface area (Å²) in [6, 6.07) is 18.7. The fraction of sp³-hybridized carbons (Fsp3) is 0. The first-order chi connectivity index (χ1) is 13.0. The van der Waals surface area contributed by atoms with Gasteiger partial charge >= 0.3 is 0 Å². The second-order valence-corrected chi connectivity index (χ2v) is 6.02. The van der Waals surface area contributed by atoms with E-state index in [-0.39, 0.29) is 22.0 Å². The summed E-state index contributed by atoms with van der Waals surface area (Å²) in [5.74, 6) is -0.701. The number of nitriles is 1. The lowest BCUT2D eigenvalue weighted by Crippen LogP contribution is -2.14. The van der Waals surface area contributed by atoms with E-state index in [1.165, 1.54) is 18.2 Å².